The van der Waals surface area contributed by atoms with Crippen molar-refractivity contribution in [2.45, 2.75) is 52.5 Å². The Bertz CT molecular complexity index is 502. The van der Waals surface area contributed by atoms with Crippen LogP contribution in [0.2, 0.25) is 0 Å². The first-order valence-corrected chi connectivity index (χ1v) is 9.64. The maximum absolute atomic E-state index is 4.85. The molecule has 3 rings (SSSR count). The third-order valence-electron chi connectivity index (χ3n) is 4.90. The van der Waals surface area contributed by atoms with E-state index >= 15 is 0 Å². The van der Waals surface area contributed by atoms with Gasteiger partial charge in [0.15, 0.2) is 5.96 Å². The molecule has 1 N–H and O–H groups in total. The van der Waals surface area contributed by atoms with Crippen LogP contribution in [0.25, 0.3) is 0 Å². The van der Waals surface area contributed by atoms with Gasteiger partial charge in [0.25, 0.3) is 0 Å². The molecule has 1 aromatic rings. The molecule has 0 bridgehead atoms. The minimum atomic E-state index is 0. The van der Waals surface area contributed by atoms with E-state index in [9.17, 15) is 0 Å². The summed E-state index contributed by atoms with van der Waals surface area (Å²) < 4.78 is 0. The quantitative estimate of drug-likeness (QED) is 0.432. The van der Waals surface area contributed by atoms with E-state index in [1.807, 2.05) is 0 Å². The summed E-state index contributed by atoms with van der Waals surface area (Å²) in [7, 11) is 0. The summed E-state index contributed by atoms with van der Waals surface area (Å²) in [6.07, 6.45) is 6.67. The molecule has 1 saturated carbocycles. The maximum atomic E-state index is 4.85. The molecule has 23 heavy (non-hydrogen) atoms. The number of thiazole rings is 1. The van der Waals surface area contributed by atoms with E-state index in [4.69, 9.17) is 4.99 Å². The molecule has 2 atom stereocenters. The van der Waals surface area contributed by atoms with Gasteiger partial charge in [-0.05, 0) is 38.0 Å². The van der Waals surface area contributed by atoms with Gasteiger partial charge in [0, 0.05) is 25.0 Å². The molecule has 0 amide bonds. The molecule has 2 heterocycles. The van der Waals surface area contributed by atoms with Crippen molar-refractivity contribution in [2.24, 2.45) is 16.8 Å². The zero-order valence-electron chi connectivity index (χ0n) is 14.3. The van der Waals surface area contributed by atoms with Crippen molar-refractivity contribution in [3.8, 4) is 0 Å². The number of aryl methyl sites for hydroxylation is 1. The maximum Gasteiger partial charge on any atom is 0.194 e. The van der Waals surface area contributed by atoms with Crippen LogP contribution in [-0.2, 0) is 13.0 Å². The number of halogens is 1. The average Bonchev–Trinajstić information content (AvgIpc) is 3.17. The van der Waals surface area contributed by atoms with Gasteiger partial charge in [-0.2, -0.15) is 0 Å². The topological polar surface area (TPSA) is 40.5 Å². The van der Waals surface area contributed by atoms with E-state index < -0.39 is 0 Å². The van der Waals surface area contributed by atoms with Gasteiger partial charge in [-0.25, -0.2) is 9.98 Å². The predicted octanol–water partition coefficient (Wildman–Crippen LogP) is 3.91. The van der Waals surface area contributed by atoms with Crippen molar-refractivity contribution >= 4 is 41.3 Å². The van der Waals surface area contributed by atoms with Crippen LogP contribution in [0, 0.1) is 11.8 Å². The number of fused-ring (bicyclic) bond motifs is 1. The van der Waals surface area contributed by atoms with Crippen LogP contribution < -0.4 is 5.32 Å². The molecule has 1 aliphatic heterocycles. The van der Waals surface area contributed by atoms with Gasteiger partial charge in [0.05, 0.1) is 17.2 Å². The number of nitrogens with one attached hydrogen (secondary N) is 1. The third-order valence-corrected chi connectivity index (χ3v) is 5.95. The number of guanidine groups is 1. The van der Waals surface area contributed by atoms with Crippen molar-refractivity contribution < 1.29 is 0 Å². The van der Waals surface area contributed by atoms with Gasteiger partial charge < -0.3 is 10.2 Å². The van der Waals surface area contributed by atoms with E-state index in [0.29, 0.717) is 6.54 Å². The van der Waals surface area contributed by atoms with Gasteiger partial charge in [0.1, 0.15) is 0 Å². The second kappa shape index (κ2) is 9.20. The molecule has 130 valence electrons. The molecule has 2 aliphatic rings. The fourth-order valence-electron chi connectivity index (χ4n) is 3.74. The highest BCUT2D eigenvalue weighted by Gasteiger charge is 2.35. The highest BCUT2D eigenvalue weighted by Crippen LogP contribution is 2.35. The number of aliphatic imine (C=N–C) groups is 1. The molecule has 0 spiro atoms. The Morgan fingerprint density at radius 3 is 2.57 bits per heavy atom. The lowest BCUT2D eigenvalue weighted by molar-refractivity contribution is 0.299. The van der Waals surface area contributed by atoms with Crippen molar-refractivity contribution in [1.29, 1.82) is 0 Å². The van der Waals surface area contributed by atoms with Crippen LogP contribution in [0.3, 0.4) is 0 Å². The van der Waals surface area contributed by atoms with Crippen LogP contribution in [0.1, 0.15) is 50.2 Å². The first-order chi connectivity index (χ1) is 10.8. The molecule has 2 unspecified atom stereocenters. The summed E-state index contributed by atoms with van der Waals surface area (Å²) in [5, 5.41) is 6.84. The highest BCUT2D eigenvalue weighted by molar-refractivity contribution is 14.0. The predicted molar refractivity (Wildman–Crippen MR) is 109 cm³/mol. The number of rotatable bonds is 4. The Hall–Kier alpha value is -0.370. The normalized spacial score (nSPS) is 24.3. The first kappa shape index (κ1) is 19.0. The molecule has 6 heteroatoms. The lowest BCUT2D eigenvalue weighted by Crippen LogP contribution is -2.40. The fourth-order valence-corrected chi connectivity index (χ4v) is 4.48. The van der Waals surface area contributed by atoms with E-state index in [1.54, 1.807) is 11.3 Å². The summed E-state index contributed by atoms with van der Waals surface area (Å²) in [6.45, 7) is 8.31. The van der Waals surface area contributed by atoms with E-state index in [-0.39, 0.29) is 24.0 Å². The lowest BCUT2D eigenvalue weighted by atomic mass is 9.82. The zero-order chi connectivity index (χ0) is 15.4. The number of aromatic nitrogens is 1. The van der Waals surface area contributed by atoms with Gasteiger partial charge in [-0.1, -0.05) is 19.8 Å². The zero-order valence-corrected chi connectivity index (χ0v) is 17.4. The number of hydrogen-bond donors (Lipinski definition) is 1. The largest absolute Gasteiger partial charge is 0.357 e. The SMILES string of the molecule is CCNC(=NCc1csc(CC)n1)N1CC2CCCCC2C1.I. The Morgan fingerprint density at radius 1 is 1.30 bits per heavy atom. The molecule has 0 radical (unpaired) electrons. The molecular formula is C17H29IN4S. The summed E-state index contributed by atoms with van der Waals surface area (Å²) in [4.78, 5) is 12.0. The van der Waals surface area contributed by atoms with Crippen molar-refractivity contribution in [1.82, 2.24) is 15.2 Å². The average molecular weight is 448 g/mol. The van der Waals surface area contributed by atoms with Crippen LogP contribution in [0.4, 0.5) is 0 Å². The molecule has 2 fully saturated rings. The van der Waals surface area contributed by atoms with E-state index in [2.05, 4.69) is 34.4 Å². The molecule has 4 nitrogen and oxygen atoms in total. The molecule has 1 saturated heterocycles. The van der Waals surface area contributed by atoms with Crippen LogP contribution >= 0.6 is 35.3 Å². The molecule has 1 aromatic heterocycles. The Labute approximate surface area is 161 Å². The van der Waals surface area contributed by atoms with Crippen molar-refractivity contribution in [3.63, 3.8) is 0 Å². The molecule has 0 aromatic carbocycles. The van der Waals surface area contributed by atoms with E-state index in [0.717, 1.165) is 36.5 Å². The van der Waals surface area contributed by atoms with Crippen molar-refractivity contribution in [3.05, 3.63) is 16.1 Å². The van der Waals surface area contributed by atoms with Gasteiger partial charge >= 0.3 is 0 Å². The second-order valence-electron chi connectivity index (χ2n) is 6.47. The van der Waals surface area contributed by atoms with E-state index in [1.165, 1.54) is 43.8 Å². The van der Waals surface area contributed by atoms with Gasteiger partial charge in [0.2, 0.25) is 0 Å². The number of hydrogen-bond acceptors (Lipinski definition) is 3. The number of likely N-dealkylation sites (tertiary alicyclic amines) is 1. The smallest absolute Gasteiger partial charge is 0.194 e. The number of nitrogens with zero attached hydrogens (tertiary/aromatic N) is 3. The monoisotopic (exact) mass is 448 g/mol. The summed E-state index contributed by atoms with van der Waals surface area (Å²) in [5.74, 6) is 2.87. The lowest BCUT2D eigenvalue weighted by Gasteiger charge is -2.22. The van der Waals surface area contributed by atoms with Gasteiger partial charge in [-0.3, -0.25) is 0 Å². The highest BCUT2D eigenvalue weighted by atomic mass is 127. The fraction of sp³-hybridized carbons (Fsp3) is 0.765. The standard InChI is InChI=1S/C17H28N4S.HI/c1-3-16-20-15(12-22-16)9-19-17(18-4-2)21-10-13-7-5-6-8-14(13)11-21;/h12-14H,3-11H2,1-2H3,(H,18,19);1H. The Balaban J connectivity index is 0.00000192. The molecule has 1 aliphatic carbocycles. The minimum absolute atomic E-state index is 0. The Morgan fingerprint density at radius 2 is 2.00 bits per heavy atom. The molecular weight excluding hydrogens is 419 g/mol. The summed E-state index contributed by atoms with van der Waals surface area (Å²) in [6, 6.07) is 0. The van der Waals surface area contributed by atoms with Crippen LogP contribution in [0.5, 0.6) is 0 Å². The van der Waals surface area contributed by atoms with Crippen LogP contribution in [-0.4, -0.2) is 35.5 Å². The van der Waals surface area contributed by atoms with Crippen molar-refractivity contribution in [2.75, 3.05) is 19.6 Å². The second-order valence-corrected chi connectivity index (χ2v) is 7.41. The first-order valence-electron chi connectivity index (χ1n) is 8.76. The summed E-state index contributed by atoms with van der Waals surface area (Å²) >= 11 is 1.75. The Kier molecular flexibility index (Phi) is 7.59. The minimum Gasteiger partial charge on any atom is -0.357 e. The third kappa shape index (κ3) is 4.81. The van der Waals surface area contributed by atoms with Gasteiger partial charge in [-0.15, -0.1) is 35.3 Å². The summed E-state index contributed by atoms with van der Waals surface area (Å²) in [5.41, 5.74) is 1.11. The van der Waals surface area contributed by atoms with Crippen LogP contribution in [0.15, 0.2) is 10.4 Å².